The smallest absolute Gasteiger partial charge is 0.251 e. The Morgan fingerprint density at radius 1 is 0.875 bits per heavy atom. The van der Waals surface area contributed by atoms with Crippen molar-refractivity contribution < 1.29 is 19.2 Å². The van der Waals surface area contributed by atoms with Gasteiger partial charge in [-0.15, -0.1) is 11.3 Å². The average molecular weight is 564 g/mol. The van der Waals surface area contributed by atoms with Crippen LogP contribution in [0.3, 0.4) is 0 Å². The molecule has 1 aromatic heterocycles. The fourth-order valence-electron chi connectivity index (χ4n) is 5.89. The van der Waals surface area contributed by atoms with Crippen molar-refractivity contribution in [3.8, 4) is 11.3 Å². The standard InChI is InChI=1S/C30H37N5O4S/c36-26(31-22-14-15-22)20-10-8-18(9-11-20)23-17-40-30(32-23)34-28(38)24-7-4-16-35(24)29(39)25(19-5-2-1-3-6-19)33-27(37)21-12-13-21/h8-11,17,19,21-22,24-25H,1-7,12-16H2,(H,31,36)(H,33,37)(H,32,34,38). The number of nitrogens with one attached hydrogen (secondary N) is 3. The summed E-state index contributed by atoms with van der Waals surface area (Å²) in [7, 11) is 0. The van der Waals surface area contributed by atoms with E-state index >= 15 is 0 Å². The SMILES string of the molecule is O=C(NC1CC1)c1ccc(-c2csc(NC(=O)C3CCCN3C(=O)C(NC(=O)C3CC3)C3CCCCC3)n2)cc1. The lowest BCUT2D eigenvalue weighted by atomic mass is 9.83. The van der Waals surface area contributed by atoms with Crippen LogP contribution in [0.25, 0.3) is 11.3 Å². The van der Waals surface area contributed by atoms with Gasteiger partial charge in [-0.05, 0) is 69.4 Å². The van der Waals surface area contributed by atoms with Crippen LogP contribution < -0.4 is 16.0 Å². The zero-order valence-corrected chi connectivity index (χ0v) is 23.5. The molecule has 3 saturated carbocycles. The van der Waals surface area contributed by atoms with Crippen molar-refractivity contribution in [1.82, 2.24) is 20.5 Å². The highest BCUT2D eigenvalue weighted by Gasteiger charge is 2.42. The van der Waals surface area contributed by atoms with Gasteiger partial charge < -0.3 is 20.9 Å². The second-order valence-corrected chi connectivity index (χ2v) is 12.6. The van der Waals surface area contributed by atoms with Gasteiger partial charge in [0.05, 0.1) is 5.69 Å². The minimum absolute atomic E-state index is 0.0176. The molecule has 4 amide bonds. The monoisotopic (exact) mass is 563 g/mol. The lowest BCUT2D eigenvalue weighted by Gasteiger charge is -2.34. The van der Waals surface area contributed by atoms with Crippen LogP contribution in [0, 0.1) is 11.8 Å². The predicted octanol–water partition coefficient (Wildman–Crippen LogP) is 4.11. The van der Waals surface area contributed by atoms with Gasteiger partial charge in [0.1, 0.15) is 12.1 Å². The highest BCUT2D eigenvalue weighted by Crippen LogP contribution is 2.33. The van der Waals surface area contributed by atoms with Crippen LogP contribution in [-0.4, -0.2) is 58.2 Å². The fraction of sp³-hybridized carbons (Fsp3) is 0.567. The number of anilines is 1. The Morgan fingerprint density at radius 3 is 2.33 bits per heavy atom. The van der Waals surface area contributed by atoms with Crippen molar-refractivity contribution in [3.63, 3.8) is 0 Å². The third-order valence-electron chi connectivity index (χ3n) is 8.56. The van der Waals surface area contributed by atoms with Crippen LogP contribution in [0.1, 0.15) is 81.0 Å². The number of aromatic nitrogens is 1. The van der Waals surface area contributed by atoms with E-state index in [-0.39, 0.29) is 35.5 Å². The van der Waals surface area contributed by atoms with E-state index in [0.717, 1.165) is 63.4 Å². The van der Waals surface area contributed by atoms with Crippen LogP contribution in [0.15, 0.2) is 29.6 Å². The molecule has 0 radical (unpaired) electrons. The molecule has 40 heavy (non-hydrogen) atoms. The first-order valence-corrected chi connectivity index (χ1v) is 15.6. The van der Waals surface area contributed by atoms with Crippen LogP contribution in [0.2, 0.25) is 0 Å². The zero-order chi connectivity index (χ0) is 27.6. The molecule has 2 heterocycles. The van der Waals surface area contributed by atoms with E-state index in [1.807, 2.05) is 17.5 Å². The van der Waals surface area contributed by atoms with Crippen molar-refractivity contribution in [2.45, 2.75) is 88.8 Å². The molecular formula is C30H37N5O4S. The molecule has 1 aromatic carbocycles. The number of carbonyl (C=O) groups excluding carboxylic acids is 4. The van der Waals surface area contributed by atoms with Gasteiger partial charge in [0.25, 0.3) is 5.91 Å². The maximum atomic E-state index is 13.8. The van der Waals surface area contributed by atoms with E-state index in [1.54, 1.807) is 17.0 Å². The Hall–Kier alpha value is -3.27. The molecule has 10 heteroatoms. The average Bonchev–Trinajstić information content (AvgIpc) is 3.89. The number of rotatable bonds is 9. The molecule has 2 atom stereocenters. The van der Waals surface area contributed by atoms with Gasteiger partial charge in [-0.3, -0.25) is 19.2 Å². The predicted molar refractivity (Wildman–Crippen MR) is 153 cm³/mol. The molecule has 9 nitrogen and oxygen atoms in total. The maximum Gasteiger partial charge on any atom is 0.251 e. The number of hydrogen-bond donors (Lipinski definition) is 3. The van der Waals surface area contributed by atoms with E-state index < -0.39 is 12.1 Å². The van der Waals surface area contributed by atoms with Gasteiger partial charge in [-0.25, -0.2) is 4.98 Å². The molecule has 2 unspecified atom stereocenters. The molecule has 3 N–H and O–H groups in total. The van der Waals surface area contributed by atoms with Crippen molar-refractivity contribution in [2.24, 2.45) is 11.8 Å². The van der Waals surface area contributed by atoms with Crippen LogP contribution in [-0.2, 0) is 14.4 Å². The summed E-state index contributed by atoms with van der Waals surface area (Å²) in [6.45, 7) is 0.517. The lowest BCUT2D eigenvalue weighted by Crippen LogP contribution is -2.55. The van der Waals surface area contributed by atoms with Gasteiger partial charge in [-0.2, -0.15) is 0 Å². The third kappa shape index (κ3) is 6.22. The van der Waals surface area contributed by atoms with Crippen LogP contribution in [0.4, 0.5) is 5.13 Å². The fourth-order valence-corrected chi connectivity index (χ4v) is 6.61. The summed E-state index contributed by atoms with van der Waals surface area (Å²) in [5.74, 6) is -0.281. The maximum absolute atomic E-state index is 13.8. The number of thiazole rings is 1. The molecule has 6 rings (SSSR count). The number of hydrogen-bond acceptors (Lipinski definition) is 6. The summed E-state index contributed by atoms with van der Waals surface area (Å²) >= 11 is 1.33. The molecular weight excluding hydrogens is 526 g/mol. The van der Waals surface area contributed by atoms with Crippen LogP contribution >= 0.6 is 11.3 Å². The van der Waals surface area contributed by atoms with E-state index in [4.69, 9.17) is 0 Å². The van der Waals surface area contributed by atoms with Crippen molar-refractivity contribution in [2.75, 3.05) is 11.9 Å². The summed E-state index contributed by atoms with van der Waals surface area (Å²) in [6, 6.07) is 6.48. The van der Waals surface area contributed by atoms with Crippen LogP contribution in [0.5, 0.6) is 0 Å². The molecule has 212 valence electrons. The Bertz CT molecular complexity index is 1260. The van der Waals surface area contributed by atoms with Crippen molar-refractivity contribution in [1.29, 1.82) is 0 Å². The topological polar surface area (TPSA) is 121 Å². The van der Waals surface area contributed by atoms with E-state index in [9.17, 15) is 19.2 Å². The molecule has 0 spiro atoms. The second-order valence-electron chi connectivity index (χ2n) is 11.7. The number of nitrogens with zero attached hydrogens (tertiary/aromatic N) is 2. The summed E-state index contributed by atoms with van der Waals surface area (Å²) < 4.78 is 0. The molecule has 3 aliphatic carbocycles. The zero-order valence-electron chi connectivity index (χ0n) is 22.7. The number of benzene rings is 1. The highest BCUT2D eigenvalue weighted by molar-refractivity contribution is 7.14. The van der Waals surface area contributed by atoms with Crippen molar-refractivity contribution >= 4 is 40.1 Å². The summed E-state index contributed by atoms with van der Waals surface area (Å²) in [5.41, 5.74) is 2.19. The Morgan fingerprint density at radius 2 is 1.62 bits per heavy atom. The van der Waals surface area contributed by atoms with E-state index in [2.05, 4.69) is 20.9 Å². The summed E-state index contributed by atoms with van der Waals surface area (Å²) in [4.78, 5) is 58.4. The summed E-state index contributed by atoms with van der Waals surface area (Å²) in [5, 5.41) is 11.3. The first-order valence-electron chi connectivity index (χ1n) is 14.7. The number of carbonyl (C=O) groups is 4. The molecule has 4 aliphatic rings. The highest BCUT2D eigenvalue weighted by atomic mass is 32.1. The first kappa shape index (κ1) is 26.9. The molecule has 4 fully saturated rings. The Labute approximate surface area is 238 Å². The van der Waals surface area contributed by atoms with Gasteiger partial charge in [0.15, 0.2) is 5.13 Å². The Balaban J connectivity index is 1.10. The molecule has 1 aliphatic heterocycles. The van der Waals surface area contributed by atoms with Gasteiger partial charge in [0, 0.05) is 35.0 Å². The lowest BCUT2D eigenvalue weighted by molar-refractivity contribution is -0.142. The number of amides is 4. The van der Waals surface area contributed by atoms with Gasteiger partial charge in [0.2, 0.25) is 17.7 Å². The van der Waals surface area contributed by atoms with E-state index in [1.165, 1.54) is 17.8 Å². The van der Waals surface area contributed by atoms with E-state index in [0.29, 0.717) is 35.4 Å². The largest absolute Gasteiger partial charge is 0.349 e. The minimum atomic E-state index is -0.576. The normalized spacial score (nSPS) is 22.0. The third-order valence-corrected chi connectivity index (χ3v) is 9.32. The molecule has 1 saturated heterocycles. The molecule has 2 aromatic rings. The molecule has 0 bridgehead atoms. The number of likely N-dealkylation sites (tertiary alicyclic amines) is 1. The van der Waals surface area contributed by atoms with Gasteiger partial charge in [-0.1, -0.05) is 31.4 Å². The van der Waals surface area contributed by atoms with Gasteiger partial charge >= 0.3 is 0 Å². The summed E-state index contributed by atoms with van der Waals surface area (Å²) in [6.07, 6.45) is 10.4. The second kappa shape index (κ2) is 11.7. The minimum Gasteiger partial charge on any atom is -0.349 e. The Kier molecular flexibility index (Phi) is 7.87. The van der Waals surface area contributed by atoms with Crippen molar-refractivity contribution in [3.05, 3.63) is 35.2 Å². The quantitative estimate of drug-likeness (QED) is 0.424. The first-order chi connectivity index (χ1) is 19.5.